The second kappa shape index (κ2) is 6.03. The van der Waals surface area contributed by atoms with Gasteiger partial charge in [-0.3, -0.25) is 19.3 Å². The zero-order chi connectivity index (χ0) is 15.5. The van der Waals surface area contributed by atoms with E-state index in [0.29, 0.717) is 10.5 Å². The Morgan fingerprint density at radius 2 is 1.91 bits per heavy atom. The average molecular weight is 312 g/mol. The van der Waals surface area contributed by atoms with E-state index in [1.807, 2.05) is 0 Å². The van der Waals surface area contributed by atoms with Gasteiger partial charge in [-0.05, 0) is 30.0 Å². The first-order chi connectivity index (χ1) is 10.6. The number of amides is 2. The fraction of sp³-hybridized carbons (Fsp3) is 0.0625. The third kappa shape index (κ3) is 2.87. The topological polar surface area (TPSA) is 70.2 Å². The number of benzene rings is 1. The van der Waals surface area contributed by atoms with Crippen molar-refractivity contribution >= 4 is 34.8 Å². The largest absolute Gasteiger partial charge is 0.362 e. The lowest BCUT2D eigenvalue weighted by Gasteiger charge is -2.11. The number of carbonyl (C=O) groups is 3. The molecule has 1 aromatic heterocycles. The van der Waals surface area contributed by atoms with E-state index in [2.05, 4.69) is 4.98 Å². The fourth-order valence-electron chi connectivity index (χ4n) is 2.07. The molecule has 6 heteroatoms. The number of aromatic nitrogens is 1. The fourth-order valence-corrected chi connectivity index (χ4v) is 2.90. The molecule has 2 amide bonds. The second-order valence-corrected chi connectivity index (χ2v) is 5.68. The van der Waals surface area contributed by atoms with Crippen molar-refractivity contribution in [1.29, 1.82) is 0 Å². The van der Waals surface area contributed by atoms with Gasteiger partial charge in [-0.1, -0.05) is 30.3 Å². The van der Waals surface area contributed by atoms with Crippen LogP contribution in [0.1, 0.15) is 16.1 Å². The van der Waals surface area contributed by atoms with Crippen LogP contribution in [0.2, 0.25) is 0 Å². The van der Waals surface area contributed by atoms with Gasteiger partial charge in [0.2, 0.25) is 0 Å². The van der Waals surface area contributed by atoms with Crippen LogP contribution in [0.25, 0.3) is 6.08 Å². The first kappa shape index (κ1) is 14.3. The number of imide groups is 1. The van der Waals surface area contributed by atoms with Gasteiger partial charge in [0.25, 0.3) is 11.1 Å². The van der Waals surface area contributed by atoms with E-state index < -0.39 is 11.1 Å². The van der Waals surface area contributed by atoms with Crippen LogP contribution in [0.15, 0.2) is 53.6 Å². The van der Waals surface area contributed by atoms with Gasteiger partial charge in [0.1, 0.15) is 0 Å². The minimum absolute atomic E-state index is 0.239. The number of thioether (sulfide) groups is 1. The predicted molar refractivity (Wildman–Crippen MR) is 84.2 cm³/mol. The van der Waals surface area contributed by atoms with Gasteiger partial charge in [0.05, 0.1) is 11.4 Å². The monoisotopic (exact) mass is 312 g/mol. The Balaban J connectivity index is 1.76. The van der Waals surface area contributed by atoms with Crippen molar-refractivity contribution in [2.24, 2.45) is 0 Å². The molecule has 110 valence electrons. The van der Waals surface area contributed by atoms with Gasteiger partial charge >= 0.3 is 0 Å². The third-order valence-corrected chi connectivity index (χ3v) is 4.09. The Labute approximate surface area is 131 Å². The summed E-state index contributed by atoms with van der Waals surface area (Å²) in [7, 11) is 0. The van der Waals surface area contributed by atoms with Crippen LogP contribution in [0.3, 0.4) is 0 Å². The van der Waals surface area contributed by atoms with Gasteiger partial charge < -0.3 is 4.98 Å². The molecule has 0 atom stereocenters. The minimum Gasteiger partial charge on any atom is -0.362 e. The van der Waals surface area contributed by atoms with E-state index in [-0.39, 0.29) is 12.3 Å². The van der Waals surface area contributed by atoms with E-state index >= 15 is 0 Å². The summed E-state index contributed by atoms with van der Waals surface area (Å²) in [5, 5.41) is -0.424. The van der Waals surface area contributed by atoms with Crippen molar-refractivity contribution in [2.75, 3.05) is 6.54 Å². The van der Waals surface area contributed by atoms with Crippen molar-refractivity contribution in [3.63, 3.8) is 0 Å². The Bertz CT molecular complexity index is 751. The lowest BCUT2D eigenvalue weighted by Crippen LogP contribution is -2.33. The zero-order valence-electron chi connectivity index (χ0n) is 11.5. The van der Waals surface area contributed by atoms with E-state index in [1.54, 1.807) is 54.7 Å². The average Bonchev–Trinajstić information content (AvgIpc) is 3.12. The highest BCUT2D eigenvalue weighted by Gasteiger charge is 2.36. The molecule has 0 unspecified atom stereocenters. The molecule has 0 spiro atoms. The molecule has 0 aliphatic carbocycles. The number of hydrogen-bond acceptors (Lipinski definition) is 4. The maximum absolute atomic E-state index is 12.3. The standard InChI is InChI=1S/C16H12N2O3S/c19-13(11-5-2-1-3-6-11)10-18-15(20)14(22-16(18)21)9-12-7-4-8-17-12/h1-9,17H,10H2/b14-9-. The minimum atomic E-state index is -0.436. The maximum Gasteiger partial charge on any atom is 0.293 e. The summed E-state index contributed by atoms with van der Waals surface area (Å²) in [6.45, 7) is -0.239. The van der Waals surface area contributed by atoms with Crippen molar-refractivity contribution < 1.29 is 14.4 Å². The summed E-state index contributed by atoms with van der Waals surface area (Å²) in [5.74, 6) is -0.696. The molecule has 1 N–H and O–H groups in total. The highest BCUT2D eigenvalue weighted by atomic mass is 32.2. The lowest BCUT2D eigenvalue weighted by molar-refractivity contribution is -0.122. The van der Waals surface area contributed by atoms with Crippen LogP contribution in [0.4, 0.5) is 4.79 Å². The van der Waals surface area contributed by atoms with Gasteiger partial charge in [-0.25, -0.2) is 0 Å². The van der Waals surface area contributed by atoms with Crippen molar-refractivity contribution in [2.45, 2.75) is 0 Å². The van der Waals surface area contributed by atoms with Crippen molar-refractivity contribution in [1.82, 2.24) is 9.88 Å². The smallest absolute Gasteiger partial charge is 0.293 e. The number of ketones is 1. The summed E-state index contributed by atoms with van der Waals surface area (Å²) in [5.41, 5.74) is 1.22. The number of carbonyl (C=O) groups excluding carboxylic acids is 3. The van der Waals surface area contributed by atoms with Gasteiger partial charge in [-0.2, -0.15) is 0 Å². The molecule has 5 nitrogen and oxygen atoms in total. The van der Waals surface area contributed by atoms with E-state index in [4.69, 9.17) is 0 Å². The molecule has 0 saturated carbocycles. The van der Waals surface area contributed by atoms with Crippen LogP contribution in [0.5, 0.6) is 0 Å². The number of aromatic amines is 1. The second-order valence-electron chi connectivity index (χ2n) is 4.68. The Hall–Kier alpha value is -2.60. The first-order valence-electron chi connectivity index (χ1n) is 6.62. The summed E-state index contributed by atoms with van der Waals surface area (Å²) in [6, 6.07) is 12.2. The number of Topliss-reactive ketones (excluding diaryl/α,β-unsaturated/α-hetero) is 1. The van der Waals surface area contributed by atoms with Crippen LogP contribution in [0, 0.1) is 0 Å². The molecule has 22 heavy (non-hydrogen) atoms. The highest BCUT2D eigenvalue weighted by molar-refractivity contribution is 8.18. The van der Waals surface area contributed by atoms with Gasteiger partial charge in [0.15, 0.2) is 5.78 Å². The molecule has 2 aromatic rings. The predicted octanol–water partition coefficient (Wildman–Crippen LogP) is 2.93. The van der Waals surface area contributed by atoms with Gasteiger partial charge in [-0.15, -0.1) is 0 Å². The third-order valence-electron chi connectivity index (χ3n) is 3.18. The lowest BCUT2D eigenvalue weighted by atomic mass is 10.1. The number of H-pyrrole nitrogens is 1. The summed E-state index contributed by atoms with van der Waals surface area (Å²) >= 11 is 0.844. The normalized spacial score (nSPS) is 16.5. The number of rotatable bonds is 4. The van der Waals surface area contributed by atoms with Crippen LogP contribution in [-0.2, 0) is 4.79 Å². The molecule has 2 heterocycles. The molecule has 0 bridgehead atoms. The van der Waals surface area contributed by atoms with Crippen molar-refractivity contribution in [3.8, 4) is 0 Å². The molecule has 0 radical (unpaired) electrons. The van der Waals surface area contributed by atoms with Crippen molar-refractivity contribution in [3.05, 3.63) is 64.8 Å². The van der Waals surface area contributed by atoms with Crippen LogP contribution in [-0.4, -0.2) is 33.4 Å². The van der Waals surface area contributed by atoms with E-state index in [9.17, 15) is 14.4 Å². The number of nitrogens with zero attached hydrogens (tertiary/aromatic N) is 1. The quantitative estimate of drug-likeness (QED) is 0.696. The maximum atomic E-state index is 12.3. The molecule has 1 saturated heterocycles. The van der Waals surface area contributed by atoms with E-state index in [1.165, 1.54) is 0 Å². The summed E-state index contributed by atoms with van der Waals surface area (Å²) in [6.07, 6.45) is 3.34. The highest BCUT2D eigenvalue weighted by Crippen LogP contribution is 2.31. The molecular formula is C16H12N2O3S. The zero-order valence-corrected chi connectivity index (χ0v) is 12.3. The Morgan fingerprint density at radius 3 is 2.59 bits per heavy atom. The molecule has 1 aliphatic rings. The molecular weight excluding hydrogens is 300 g/mol. The van der Waals surface area contributed by atoms with Crippen LogP contribution >= 0.6 is 11.8 Å². The van der Waals surface area contributed by atoms with E-state index in [0.717, 1.165) is 22.4 Å². The summed E-state index contributed by atoms with van der Waals surface area (Å²) in [4.78, 5) is 40.6. The Kier molecular flexibility index (Phi) is 3.93. The Morgan fingerprint density at radius 1 is 1.14 bits per heavy atom. The van der Waals surface area contributed by atoms with Gasteiger partial charge in [0, 0.05) is 17.5 Å². The summed E-state index contributed by atoms with van der Waals surface area (Å²) < 4.78 is 0. The number of nitrogens with one attached hydrogen (secondary N) is 1. The molecule has 1 fully saturated rings. The molecule has 1 aromatic carbocycles. The number of hydrogen-bond donors (Lipinski definition) is 1. The molecule has 1 aliphatic heterocycles. The first-order valence-corrected chi connectivity index (χ1v) is 7.44. The SMILES string of the molecule is O=C(CN1C(=O)S/C(=C\c2ccc[nH]2)C1=O)c1ccccc1. The van der Waals surface area contributed by atoms with Crippen LogP contribution < -0.4 is 0 Å². The molecule has 3 rings (SSSR count).